The average molecular weight is 288 g/mol. The van der Waals surface area contributed by atoms with Gasteiger partial charge in [0, 0.05) is 13.1 Å². The molecule has 0 saturated heterocycles. The molecular weight excluding hydrogens is 262 g/mol. The molecule has 0 spiro atoms. The van der Waals surface area contributed by atoms with E-state index in [0.717, 1.165) is 6.54 Å². The summed E-state index contributed by atoms with van der Waals surface area (Å²) in [5.41, 5.74) is 1.40. The molecule has 0 bridgehead atoms. The first-order valence-corrected chi connectivity index (χ1v) is 6.42. The fourth-order valence-electron chi connectivity index (χ4n) is 1.87. The van der Waals surface area contributed by atoms with Crippen LogP contribution in [0.1, 0.15) is 52.4 Å². The highest BCUT2D eigenvalue weighted by Crippen LogP contribution is 2.09. The lowest BCUT2D eigenvalue weighted by Crippen LogP contribution is -2.20. The summed E-state index contributed by atoms with van der Waals surface area (Å²) >= 11 is 0. The number of unbranched alkanes of at least 4 members (excludes halogenated alkanes) is 5. The zero-order chi connectivity index (χ0) is 10.9. The van der Waals surface area contributed by atoms with Crippen LogP contribution < -0.4 is 0 Å². The minimum absolute atomic E-state index is 0. The van der Waals surface area contributed by atoms with Gasteiger partial charge in [-0.2, -0.15) is 0 Å². The third-order valence-corrected chi connectivity index (χ3v) is 2.99. The minimum Gasteiger partial charge on any atom is -0.374 e. The normalized spacial score (nSPS) is 14.6. The van der Waals surface area contributed by atoms with Crippen LogP contribution in [0.15, 0.2) is 23.9 Å². The summed E-state index contributed by atoms with van der Waals surface area (Å²) in [7, 11) is 0. The molecule has 0 N–H and O–H groups in total. The first-order valence-electron chi connectivity index (χ1n) is 6.42. The van der Waals surface area contributed by atoms with E-state index >= 15 is 0 Å². The van der Waals surface area contributed by atoms with Crippen molar-refractivity contribution in [3.63, 3.8) is 0 Å². The molecule has 1 heterocycles. The molecule has 1 nitrogen and oxygen atoms in total. The molecule has 0 radical (unpaired) electrons. The van der Waals surface area contributed by atoms with Gasteiger partial charge in [-0.3, -0.25) is 0 Å². The minimum atomic E-state index is 0. The third-order valence-electron chi connectivity index (χ3n) is 2.99. The van der Waals surface area contributed by atoms with Crippen LogP contribution >= 0.6 is 17.0 Å². The summed E-state index contributed by atoms with van der Waals surface area (Å²) in [4.78, 5) is 2.41. The van der Waals surface area contributed by atoms with Crippen molar-refractivity contribution in [1.29, 1.82) is 0 Å². The molecule has 1 aliphatic heterocycles. The second-order valence-electron chi connectivity index (χ2n) is 4.53. The average Bonchev–Trinajstić information content (AvgIpc) is 2.26. The topological polar surface area (TPSA) is 3.24 Å². The Morgan fingerprint density at radius 3 is 2.44 bits per heavy atom. The van der Waals surface area contributed by atoms with Crippen molar-refractivity contribution in [2.24, 2.45) is 0 Å². The van der Waals surface area contributed by atoms with Crippen LogP contribution in [0.4, 0.5) is 0 Å². The number of nitrogens with zero attached hydrogens (tertiary/aromatic N) is 1. The molecule has 0 aromatic carbocycles. The highest BCUT2D eigenvalue weighted by Gasteiger charge is 2.01. The summed E-state index contributed by atoms with van der Waals surface area (Å²) in [5.74, 6) is 0. The van der Waals surface area contributed by atoms with E-state index in [4.69, 9.17) is 0 Å². The highest BCUT2D eigenvalue weighted by molar-refractivity contribution is 8.93. The smallest absolute Gasteiger partial charge is 0.0359 e. The van der Waals surface area contributed by atoms with Crippen molar-refractivity contribution in [2.75, 3.05) is 13.1 Å². The summed E-state index contributed by atoms with van der Waals surface area (Å²) in [5, 5.41) is 0. The molecular formula is C14H26BrN. The number of allylic oxidation sites excluding steroid dienone is 2. The third kappa shape index (κ3) is 7.10. The summed E-state index contributed by atoms with van der Waals surface area (Å²) in [6.07, 6.45) is 15.1. The quantitative estimate of drug-likeness (QED) is 0.614. The molecule has 0 fully saturated rings. The van der Waals surface area contributed by atoms with E-state index in [1.54, 1.807) is 0 Å². The van der Waals surface area contributed by atoms with Crippen molar-refractivity contribution in [2.45, 2.75) is 52.4 Å². The Kier molecular flexibility index (Phi) is 9.80. The maximum Gasteiger partial charge on any atom is 0.0359 e. The van der Waals surface area contributed by atoms with Crippen molar-refractivity contribution in [1.82, 2.24) is 4.90 Å². The summed E-state index contributed by atoms with van der Waals surface area (Å²) in [6, 6.07) is 0. The Hall–Kier alpha value is -0.240. The van der Waals surface area contributed by atoms with Gasteiger partial charge in [0.15, 0.2) is 0 Å². The van der Waals surface area contributed by atoms with Crippen LogP contribution in [0, 0.1) is 0 Å². The Morgan fingerprint density at radius 1 is 1.12 bits per heavy atom. The molecule has 0 unspecified atom stereocenters. The first kappa shape index (κ1) is 15.8. The Morgan fingerprint density at radius 2 is 1.81 bits per heavy atom. The van der Waals surface area contributed by atoms with Gasteiger partial charge in [0.1, 0.15) is 0 Å². The lowest BCUT2D eigenvalue weighted by atomic mass is 10.1. The molecule has 1 rings (SSSR count). The molecule has 16 heavy (non-hydrogen) atoms. The van der Waals surface area contributed by atoms with E-state index in [2.05, 4.69) is 37.1 Å². The van der Waals surface area contributed by atoms with E-state index < -0.39 is 0 Å². The predicted octanol–water partition coefficient (Wildman–Crippen LogP) is 4.70. The van der Waals surface area contributed by atoms with E-state index in [1.807, 2.05) is 0 Å². The SMILES string of the molecule is Br.CCCCCCCCN1C=CC(C)=CC1. The van der Waals surface area contributed by atoms with Crippen LogP contribution in [-0.4, -0.2) is 18.0 Å². The second kappa shape index (κ2) is 9.95. The Labute approximate surface area is 111 Å². The predicted molar refractivity (Wildman–Crippen MR) is 78.2 cm³/mol. The van der Waals surface area contributed by atoms with Crippen LogP contribution in [-0.2, 0) is 0 Å². The Balaban J connectivity index is 0.00000225. The lowest BCUT2D eigenvalue weighted by molar-refractivity contribution is 0.391. The molecule has 0 saturated carbocycles. The van der Waals surface area contributed by atoms with Crippen LogP contribution in [0.5, 0.6) is 0 Å². The van der Waals surface area contributed by atoms with Gasteiger partial charge < -0.3 is 4.90 Å². The standard InChI is InChI=1S/C14H25N.BrH/c1-3-4-5-6-7-8-11-15-12-9-14(2)10-13-15;/h9-10,12H,3-8,11,13H2,1-2H3;1H. The maximum absolute atomic E-state index is 2.41. The van der Waals surface area contributed by atoms with Gasteiger partial charge in [-0.1, -0.05) is 50.7 Å². The Bertz CT molecular complexity index is 221. The van der Waals surface area contributed by atoms with Gasteiger partial charge in [0.05, 0.1) is 0 Å². The van der Waals surface area contributed by atoms with Gasteiger partial charge >= 0.3 is 0 Å². The monoisotopic (exact) mass is 287 g/mol. The van der Waals surface area contributed by atoms with E-state index in [9.17, 15) is 0 Å². The molecule has 0 aliphatic carbocycles. The molecule has 0 aromatic heterocycles. The molecule has 1 aliphatic rings. The number of hydrogen-bond donors (Lipinski definition) is 0. The fraction of sp³-hybridized carbons (Fsp3) is 0.714. The largest absolute Gasteiger partial charge is 0.374 e. The lowest BCUT2D eigenvalue weighted by Gasteiger charge is -2.21. The van der Waals surface area contributed by atoms with E-state index in [0.29, 0.717) is 0 Å². The number of rotatable bonds is 7. The van der Waals surface area contributed by atoms with Crippen LogP contribution in [0.25, 0.3) is 0 Å². The molecule has 94 valence electrons. The van der Waals surface area contributed by atoms with E-state index in [1.165, 1.54) is 50.6 Å². The van der Waals surface area contributed by atoms with Crippen molar-refractivity contribution in [3.05, 3.63) is 23.9 Å². The van der Waals surface area contributed by atoms with Gasteiger partial charge in [-0.05, 0) is 25.6 Å². The van der Waals surface area contributed by atoms with Crippen molar-refractivity contribution >= 4 is 17.0 Å². The molecule has 2 heteroatoms. The van der Waals surface area contributed by atoms with Crippen molar-refractivity contribution in [3.8, 4) is 0 Å². The summed E-state index contributed by atoms with van der Waals surface area (Å²) < 4.78 is 0. The van der Waals surface area contributed by atoms with Crippen LogP contribution in [0.2, 0.25) is 0 Å². The van der Waals surface area contributed by atoms with Crippen LogP contribution in [0.3, 0.4) is 0 Å². The van der Waals surface area contributed by atoms with Gasteiger partial charge in [0.2, 0.25) is 0 Å². The van der Waals surface area contributed by atoms with Gasteiger partial charge in [0.25, 0.3) is 0 Å². The fourth-order valence-corrected chi connectivity index (χ4v) is 1.87. The molecule has 0 aromatic rings. The zero-order valence-corrected chi connectivity index (χ0v) is 12.5. The van der Waals surface area contributed by atoms with Crippen molar-refractivity contribution < 1.29 is 0 Å². The highest BCUT2D eigenvalue weighted by atomic mass is 79.9. The second-order valence-corrected chi connectivity index (χ2v) is 4.53. The first-order chi connectivity index (χ1) is 7.33. The molecule has 0 amide bonds. The zero-order valence-electron chi connectivity index (χ0n) is 10.7. The summed E-state index contributed by atoms with van der Waals surface area (Å²) in [6.45, 7) is 6.77. The number of halogens is 1. The molecule has 0 atom stereocenters. The number of hydrogen-bond acceptors (Lipinski definition) is 1. The maximum atomic E-state index is 2.41. The van der Waals surface area contributed by atoms with Gasteiger partial charge in [-0.15, -0.1) is 17.0 Å². The van der Waals surface area contributed by atoms with Gasteiger partial charge in [-0.25, -0.2) is 0 Å². The van der Waals surface area contributed by atoms with E-state index in [-0.39, 0.29) is 17.0 Å².